The number of allylic oxidation sites excluding steroid dienone is 1. The minimum absolute atomic E-state index is 0. The molecule has 0 radical (unpaired) electrons. The smallest absolute Gasteiger partial charge is 0.543 e. The summed E-state index contributed by atoms with van der Waals surface area (Å²) in [7, 11) is 0. The molecule has 2 aliphatic rings. The van der Waals surface area contributed by atoms with E-state index < -0.39 is 11.9 Å². The predicted octanol–water partition coefficient (Wildman–Crippen LogP) is -3.13. The van der Waals surface area contributed by atoms with Gasteiger partial charge in [0.25, 0.3) is 0 Å². The molecule has 0 aromatic carbocycles. The number of hydrogen-bond acceptors (Lipinski definition) is 7. The number of carbonyl (C=O) groups excluding carboxylic acids is 4. The second-order valence-electron chi connectivity index (χ2n) is 5.87. The Morgan fingerprint density at radius 3 is 2.54 bits per heavy atom. The van der Waals surface area contributed by atoms with E-state index in [9.17, 15) is 24.3 Å². The Hall–Kier alpha value is -1.29. The molecule has 2 heterocycles. The first-order chi connectivity index (χ1) is 11.7. The van der Waals surface area contributed by atoms with E-state index in [0.717, 1.165) is 11.8 Å². The van der Waals surface area contributed by atoms with Crippen molar-refractivity contribution in [2.24, 2.45) is 5.92 Å². The topological polar surface area (TPSA) is 116 Å². The van der Waals surface area contributed by atoms with Crippen LogP contribution < -0.4 is 40.0 Å². The molecule has 136 valence electrons. The number of carboxylic acid groups (broad SMARTS) is 1. The number of β-lactam (4-membered cyclic amide) rings is 1. The molecule has 1 fully saturated rings. The van der Waals surface area contributed by atoms with Gasteiger partial charge in [0.2, 0.25) is 11.8 Å². The molecular formula is C16H19N2NaO6S. The van der Waals surface area contributed by atoms with Gasteiger partial charge >= 0.3 is 35.5 Å². The van der Waals surface area contributed by atoms with E-state index in [0.29, 0.717) is 23.4 Å². The first kappa shape index (κ1) is 22.8. The number of carbonyl (C=O) groups is 4. The van der Waals surface area contributed by atoms with E-state index in [1.165, 1.54) is 18.7 Å². The summed E-state index contributed by atoms with van der Waals surface area (Å²) in [5.41, 5.74) is 0.463. The summed E-state index contributed by atoms with van der Waals surface area (Å²) >= 11 is 1.15. The molecule has 2 aliphatic heterocycles. The molecule has 0 aromatic heterocycles. The van der Waals surface area contributed by atoms with Crippen LogP contribution in [0.4, 0.5) is 0 Å². The third-order valence-corrected chi connectivity index (χ3v) is 5.04. The second-order valence-corrected chi connectivity index (χ2v) is 6.84. The van der Waals surface area contributed by atoms with Gasteiger partial charge < -0.3 is 24.9 Å². The van der Waals surface area contributed by atoms with Crippen LogP contribution in [-0.4, -0.2) is 41.3 Å². The molecule has 1 N–H and O–H groups in total. The maximum absolute atomic E-state index is 12.2. The van der Waals surface area contributed by atoms with Crippen molar-refractivity contribution in [1.82, 2.24) is 10.2 Å². The van der Waals surface area contributed by atoms with Crippen molar-refractivity contribution < 1.29 is 58.6 Å². The average Bonchev–Trinajstić information content (AvgIpc) is 2.84. The number of ether oxygens (including phenoxy) is 1. The molecule has 0 spiro atoms. The van der Waals surface area contributed by atoms with Crippen LogP contribution in [0.2, 0.25) is 0 Å². The van der Waals surface area contributed by atoms with E-state index in [2.05, 4.69) is 5.32 Å². The average molecular weight is 390 g/mol. The van der Waals surface area contributed by atoms with E-state index in [1.54, 1.807) is 12.3 Å². The van der Waals surface area contributed by atoms with Crippen LogP contribution in [0.15, 0.2) is 21.7 Å². The normalized spacial score (nSPS) is 21.6. The maximum Gasteiger partial charge on any atom is 1.00 e. The second kappa shape index (κ2) is 9.59. The molecule has 2 rings (SSSR count). The molecule has 10 heteroatoms. The zero-order valence-electron chi connectivity index (χ0n) is 15.2. The third kappa shape index (κ3) is 5.12. The summed E-state index contributed by atoms with van der Waals surface area (Å²) in [6, 6.07) is -0.257. The van der Waals surface area contributed by atoms with Gasteiger partial charge in [-0.25, -0.2) is 0 Å². The Bertz CT molecular complexity index is 690. The van der Waals surface area contributed by atoms with E-state index in [4.69, 9.17) is 4.74 Å². The quantitative estimate of drug-likeness (QED) is 0.278. The fraction of sp³-hybridized carbons (Fsp3) is 0.500. The van der Waals surface area contributed by atoms with Gasteiger partial charge in [0.15, 0.2) is 0 Å². The monoisotopic (exact) mass is 390 g/mol. The molecule has 0 bridgehead atoms. The van der Waals surface area contributed by atoms with Crippen molar-refractivity contribution >= 4 is 35.5 Å². The van der Waals surface area contributed by atoms with Gasteiger partial charge in [0, 0.05) is 30.9 Å². The number of thioether (sulfide) groups is 1. The number of aliphatic carboxylic acids is 1. The Morgan fingerprint density at radius 1 is 1.35 bits per heavy atom. The van der Waals surface area contributed by atoms with E-state index in [1.807, 2.05) is 0 Å². The molecule has 8 nitrogen and oxygen atoms in total. The van der Waals surface area contributed by atoms with Crippen molar-refractivity contribution in [3.05, 3.63) is 21.7 Å². The number of carboxylic acids is 1. The van der Waals surface area contributed by atoms with Crippen LogP contribution in [0.25, 0.3) is 0 Å². The minimum atomic E-state index is -1.40. The van der Waals surface area contributed by atoms with Crippen molar-refractivity contribution in [1.29, 1.82) is 0 Å². The molecule has 0 aliphatic carbocycles. The van der Waals surface area contributed by atoms with Crippen LogP contribution >= 0.6 is 11.8 Å². The fourth-order valence-electron chi connectivity index (χ4n) is 2.96. The Morgan fingerprint density at radius 2 is 2.00 bits per heavy atom. The molecule has 2 amide bonds. The first-order valence-corrected chi connectivity index (χ1v) is 8.62. The van der Waals surface area contributed by atoms with Gasteiger partial charge in [-0.3, -0.25) is 14.4 Å². The Balaban J connectivity index is 0.00000338. The summed E-state index contributed by atoms with van der Waals surface area (Å²) in [5, 5.41) is 15.7. The summed E-state index contributed by atoms with van der Waals surface area (Å²) < 4.78 is 4.86. The van der Waals surface area contributed by atoms with Gasteiger partial charge in [-0.15, -0.1) is 0 Å². The molecule has 0 aromatic rings. The summed E-state index contributed by atoms with van der Waals surface area (Å²) in [4.78, 5) is 47.3. The van der Waals surface area contributed by atoms with Crippen LogP contribution in [-0.2, 0) is 23.9 Å². The number of esters is 1. The zero-order valence-corrected chi connectivity index (χ0v) is 18.0. The number of amides is 2. The standard InChI is InChI=1S/C16H20N2O6S.Na/c1-8(17-9(2)19)7-25-13-6-12-11(4-5-24-10(3)20)15(21)18(12)14(13)16(22)23;/h7,11-12H,4-6H2,1-3H3,(H,17,19)(H,22,23);/q;+1/p-1/t11-,12+;/m0./s1. The van der Waals surface area contributed by atoms with E-state index >= 15 is 0 Å². The van der Waals surface area contributed by atoms with Crippen LogP contribution in [0, 0.1) is 5.92 Å². The fourth-order valence-corrected chi connectivity index (χ4v) is 3.90. The van der Waals surface area contributed by atoms with Gasteiger partial charge in [0.05, 0.1) is 30.2 Å². The van der Waals surface area contributed by atoms with Gasteiger partial charge in [-0.05, 0) is 18.8 Å². The number of fused-ring (bicyclic) bond motifs is 1. The molecule has 1 saturated heterocycles. The Kier molecular flexibility index (Phi) is 8.39. The minimum Gasteiger partial charge on any atom is -0.543 e. The predicted molar refractivity (Wildman–Crippen MR) is 87.2 cm³/mol. The van der Waals surface area contributed by atoms with Gasteiger partial charge in [-0.1, -0.05) is 11.8 Å². The number of nitrogens with zero attached hydrogens (tertiary/aromatic N) is 1. The van der Waals surface area contributed by atoms with Crippen molar-refractivity contribution in [2.75, 3.05) is 6.61 Å². The van der Waals surface area contributed by atoms with E-state index in [-0.39, 0.29) is 65.6 Å². The number of nitrogens with one attached hydrogen (secondary N) is 1. The molecule has 0 unspecified atom stereocenters. The first-order valence-electron chi connectivity index (χ1n) is 7.74. The van der Waals surface area contributed by atoms with Crippen molar-refractivity contribution in [3.8, 4) is 0 Å². The molecule has 0 saturated carbocycles. The number of hydrogen-bond donors (Lipinski definition) is 1. The summed E-state index contributed by atoms with van der Waals surface area (Å²) in [5.74, 6) is -2.71. The van der Waals surface area contributed by atoms with Crippen molar-refractivity contribution in [3.63, 3.8) is 0 Å². The van der Waals surface area contributed by atoms with Gasteiger partial charge in [-0.2, -0.15) is 0 Å². The SMILES string of the molecule is CC(=O)NC(C)=CSC1=C(C(=O)[O-])N2C(=O)[C@@H](CCOC(C)=O)[C@H]2C1.[Na+]. The van der Waals surface area contributed by atoms with Crippen LogP contribution in [0.5, 0.6) is 0 Å². The summed E-state index contributed by atoms with van der Waals surface area (Å²) in [6.45, 7) is 4.48. The number of rotatable bonds is 7. The van der Waals surface area contributed by atoms with Crippen LogP contribution in [0.1, 0.15) is 33.6 Å². The van der Waals surface area contributed by atoms with Gasteiger partial charge in [0.1, 0.15) is 0 Å². The zero-order chi connectivity index (χ0) is 18.7. The van der Waals surface area contributed by atoms with Crippen LogP contribution in [0.3, 0.4) is 0 Å². The molecule has 2 atom stereocenters. The molecular weight excluding hydrogens is 371 g/mol. The maximum atomic E-state index is 12.2. The van der Waals surface area contributed by atoms with Crippen molar-refractivity contribution in [2.45, 2.75) is 39.7 Å². The largest absolute Gasteiger partial charge is 1.00 e. The third-order valence-electron chi connectivity index (χ3n) is 3.93. The molecule has 26 heavy (non-hydrogen) atoms. The summed E-state index contributed by atoms with van der Waals surface area (Å²) in [6.07, 6.45) is 0.757. The Labute approximate surface area is 177 Å².